The molecule has 0 unspecified atom stereocenters. The van der Waals surface area contributed by atoms with Crippen molar-refractivity contribution >= 4 is 41.1 Å². The number of carbonyl (C=O) groups excluding carboxylic acids is 1. The average molecular weight is 441 g/mol. The van der Waals surface area contributed by atoms with Crippen molar-refractivity contribution in [2.24, 2.45) is 0 Å². The highest BCUT2D eigenvalue weighted by Gasteiger charge is 2.30. The maximum Gasteiger partial charge on any atom is 0.255 e. The van der Waals surface area contributed by atoms with Gasteiger partial charge in [0.05, 0.1) is 17.9 Å². The van der Waals surface area contributed by atoms with Gasteiger partial charge in [0.1, 0.15) is 16.9 Å². The fourth-order valence-corrected chi connectivity index (χ4v) is 3.84. The van der Waals surface area contributed by atoms with Crippen LogP contribution in [0.1, 0.15) is 23.2 Å². The van der Waals surface area contributed by atoms with Gasteiger partial charge in [-0.1, -0.05) is 19.6 Å². The highest BCUT2D eigenvalue weighted by atomic mass is 79.9. The van der Waals surface area contributed by atoms with Crippen LogP contribution in [0.2, 0.25) is 25.7 Å². The van der Waals surface area contributed by atoms with Gasteiger partial charge in [0.2, 0.25) is 0 Å². The molecule has 0 saturated heterocycles. The van der Waals surface area contributed by atoms with Crippen LogP contribution in [0, 0.1) is 0 Å². The summed E-state index contributed by atoms with van der Waals surface area (Å²) in [5.41, 5.74) is 1.65. The first-order valence-electron chi connectivity index (χ1n) is 8.81. The van der Waals surface area contributed by atoms with Gasteiger partial charge in [-0.2, -0.15) is 0 Å². The summed E-state index contributed by atoms with van der Waals surface area (Å²) in [7, 11) is -1.14. The standard InChI is InChI=1S/C17H25BrN4O3Si/c1-26(2,3)5-4-25-10-22-9-13(15-16(22)19-8-14(18)21-15)17(24)20-11-6-12(23)7-11/h8-9,11-12,23H,4-7,10H2,1-3H3,(H,20,24). The number of hydrogen-bond acceptors (Lipinski definition) is 5. The van der Waals surface area contributed by atoms with Gasteiger partial charge in [0.25, 0.3) is 5.91 Å². The van der Waals surface area contributed by atoms with Gasteiger partial charge in [0, 0.05) is 26.9 Å². The third-order valence-corrected chi connectivity index (χ3v) is 6.54. The maximum atomic E-state index is 12.6. The van der Waals surface area contributed by atoms with Crippen LogP contribution in [0.25, 0.3) is 11.2 Å². The number of nitrogens with one attached hydrogen (secondary N) is 1. The lowest BCUT2D eigenvalue weighted by atomic mass is 9.89. The minimum atomic E-state index is -1.14. The van der Waals surface area contributed by atoms with Gasteiger partial charge >= 0.3 is 0 Å². The minimum absolute atomic E-state index is 0.0176. The first-order valence-corrected chi connectivity index (χ1v) is 13.3. The van der Waals surface area contributed by atoms with Crippen LogP contribution in [0.4, 0.5) is 0 Å². The maximum absolute atomic E-state index is 12.6. The number of aromatic nitrogens is 3. The molecule has 1 saturated carbocycles. The molecule has 142 valence electrons. The number of amides is 1. The number of aliphatic hydroxyl groups is 1. The molecule has 2 aromatic rings. The van der Waals surface area contributed by atoms with Crippen molar-refractivity contribution < 1.29 is 14.6 Å². The van der Waals surface area contributed by atoms with E-state index >= 15 is 0 Å². The SMILES string of the molecule is C[Si](C)(C)CCOCn1cc(C(=O)NC2CC(O)C2)c2nc(Br)cnc21. The van der Waals surface area contributed by atoms with Crippen LogP contribution < -0.4 is 5.32 Å². The normalized spacial score (nSPS) is 20.2. The summed E-state index contributed by atoms with van der Waals surface area (Å²) in [5.74, 6) is -0.194. The van der Waals surface area contributed by atoms with E-state index in [2.05, 4.69) is 50.9 Å². The van der Waals surface area contributed by atoms with Crippen molar-refractivity contribution in [2.45, 2.75) is 57.4 Å². The number of nitrogens with zero attached hydrogens (tertiary/aromatic N) is 3. The first-order chi connectivity index (χ1) is 12.2. The molecule has 1 aliphatic rings. The zero-order valence-corrected chi connectivity index (χ0v) is 17.9. The molecule has 1 fully saturated rings. The van der Waals surface area contributed by atoms with Crippen LogP contribution in [0.5, 0.6) is 0 Å². The predicted molar refractivity (Wildman–Crippen MR) is 106 cm³/mol. The Morgan fingerprint density at radius 3 is 2.85 bits per heavy atom. The van der Waals surface area contributed by atoms with Gasteiger partial charge in [-0.25, -0.2) is 9.97 Å². The zero-order valence-electron chi connectivity index (χ0n) is 15.3. The Hall–Kier alpha value is -1.29. The Balaban J connectivity index is 1.75. The highest BCUT2D eigenvalue weighted by molar-refractivity contribution is 9.10. The Kier molecular flexibility index (Phi) is 5.81. The molecule has 7 nitrogen and oxygen atoms in total. The van der Waals surface area contributed by atoms with Gasteiger partial charge in [-0.05, 0) is 34.8 Å². The molecule has 3 rings (SSSR count). The van der Waals surface area contributed by atoms with E-state index in [9.17, 15) is 9.90 Å². The molecule has 2 N–H and O–H groups in total. The van der Waals surface area contributed by atoms with Crippen LogP contribution in [-0.2, 0) is 11.5 Å². The molecule has 0 atom stereocenters. The summed E-state index contributed by atoms with van der Waals surface area (Å²) < 4.78 is 8.21. The first kappa shape index (κ1) is 19.5. The minimum Gasteiger partial charge on any atom is -0.393 e. The monoisotopic (exact) mass is 440 g/mol. The van der Waals surface area contributed by atoms with E-state index in [4.69, 9.17) is 4.74 Å². The third kappa shape index (κ3) is 4.70. The molecule has 0 spiro atoms. The molecular formula is C17H25BrN4O3Si. The molecule has 2 aromatic heterocycles. The average Bonchev–Trinajstić information content (AvgIpc) is 2.87. The molecule has 0 bridgehead atoms. The second-order valence-electron chi connectivity index (χ2n) is 8.02. The number of ether oxygens (including phenoxy) is 1. The number of hydrogen-bond donors (Lipinski definition) is 2. The summed E-state index contributed by atoms with van der Waals surface area (Å²) in [5, 5.41) is 12.3. The summed E-state index contributed by atoms with van der Waals surface area (Å²) >= 11 is 3.32. The van der Waals surface area contributed by atoms with Crippen LogP contribution >= 0.6 is 15.9 Å². The summed E-state index contributed by atoms with van der Waals surface area (Å²) in [6.07, 6.45) is 4.25. The largest absolute Gasteiger partial charge is 0.393 e. The van der Waals surface area contributed by atoms with Crippen molar-refractivity contribution in [3.63, 3.8) is 0 Å². The van der Waals surface area contributed by atoms with Crippen molar-refractivity contribution in [1.29, 1.82) is 0 Å². The van der Waals surface area contributed by atoms with Crippen LogP contribution in [0.15, 0.2) is 17.0 Å². The van der Waals surface area contributed by atoms with Crippen molar-refractivity contribution in [2.75, 3.05) is 6.61 Å². The number of halogens is 1. The molecule has 9 heteroatoms. The van der Waals surface area contributed by atoms with Crippen molar-refractivity contribution in [3.05, 3.63) is 22.6 Å². The fraction of sp³-hybridized carbons (Fsp3) is 0.588. The molecule has 1 amide bonds. The lowest BCUT2D eigenvalue weighted by molar-refractivity contribution is 0.0563. The molecule has 26 heavy (non-hydrogen) atoms. The second-order valence-corrected chi connectivity index (χ2v) is 14.5. The Morgan fingerprint density at radius 1 is 1.46 bits per heavy atom. The Labute approximate surface area is 162 Å². The molecule has 1 aliphatic carbocycles. The Morgan fingerprint density at radius 2 is 2.19 bits per heavy atom. The second kappa shape index (κ2) is 7.75. The van der Waals surface area contributed by atoms with E-state index in [0.717, 1.165) is 6.04 Å². The lowest BCUT2D eigenvalue weighted by Gasteiger charge is -2.31. The molecule has 0 aromatic carbocycles. The predicted octanol–water partition coefficient (Wildman–Crippen LogP) is 2.76. The molecular weight excluding hydrogens is 416 g/mol. The molecule has 0 aliphatic heterocycles. The van der Waals surface area contributed by atoms with Crippen LogP contribution in [0.3, 0.4) is 0 Å². The molecule has 0 radical (unpaired) electrons. The fourth-order valence-electron chi connectivity index (χ4n) is 2.80. The summed E-state index contributed by atoms with van der Waals surface area (Å²) in [6, 6.07) is 1.10. The van der Waals surface area contributed by atoms with E-state index in [0.29, 0.717) is 47.5 Å². The van der Waals surface area contributed by atoms with Crippen LogP contribution in [-0.4, -0.2) is 52.4 Å². The zero-order chi connectivity index (χ0) is 18.9. The van der Waals surface area contributed by atoms with Gasteiger partial charge in [-0.3, -0.25) is 4.79 Å². The quantitative estimate of drug-likeness (QED) is 0.510. The topological polar surface area (TPSA) is 89.3 Å². The smallest absolute Gasteiger partial charge is 0.255 e. The number of aliphatic hydroxyl groups excluding tert-OH is 1. The van der Waals surface area contributed by atoms with Gasteiger partial charge in [0.15, 0.2) is 5.65 Å². The summed E-state index contributed by atoms with van der Waals surface area (Å²) in [4.78, 5) is 21.5. The Bertz CT molecular complexity index is 799. The summed E-state index contributed by atoms with van der Waals surface area (Å²) in [6.45, 7) is 7.96. The third-order valence-electron chi connectivity index (χ3n) is 4.46. The van der Waals surface area contributed by atoms with Crippen molar-refractivity contribution in [3.8, 4) is 0 Å². The van der Waals surface area contributed by atoms with Crippen molar-refractivity contribution in [1.82, 2.24) is 19.9 Å². The number of rotatable bonds is 7. The highest BCUT2D eigenvalue weighted by Crippen LogP contribution is 2.23. The van der Waals surface area contributed by atoms with E-state index in [1.54, 1.807) is 12.4 Å². The molecule has 2 heterocycles. The van der Waals surface area contributed by atoms with E-state index in [1.807, 2.05) is 4.57 Å². The van der Waals surface area contributed by atoms with Gasteiger partial charge < -0.3 is 19.7 Å². The lowest BCUT2D eigenvalue weighted by Crippen LogP contribution is -2.46. The van der Waals surface area contributed by atoms with E-state index < -0.39 is 8.07 Å². The number of fused-ring (bicyclic) bond motifs is 1. The van der Waals surface area contributed by atoms with E-state index in [-0.39, 0.29) is 18.1 Å². The van der Waals surface area contributed by atoms with Gasteiger partial charge in [-0.15, -0.1) is 0 Å². The van der Waals surface area contributed by atoms with E-state index in [1.165, 1.54) is 0 Å². The number of carbonyl (C=O) groups is 1.